The lowest BCUT2D eigenvalue weighted by Crippen LogP contribution is -2.37. The monoisotopic (exact) mass is 520 g/mol. The number of esters is 1. The van der Waals surface area contributed by atoms with Crippen molar-refractivity contribution in [1.29, 1.82) is 0 Å². The highest BCUT2D eigenvalue weighted by atomic mass is 16.5. The predicted octanol–water partition coefficient (Wildman–Crippen LogP) is 2.99. The van der Waals surface area contributed by atoms with Gasteiger partial charge in [-0.2, -0.15) is 5.10 Å². The number of amides is 1. The first-order valence-electron chi connectivity index (χ1n) is 12.8. The molecule has 2 aliphatic heterocycles. The lowest BCUT2D eigenvalue weighted by atomic mass is 10.0. The minimum atomic E-state index is -1.09. The summed E-state index contributed by atoms with van der Waals surface area (Å²) in [5.74, 6) is 0.149. The molecule has 2 aliphatic rings. The second kappa shape index (κ2) is 10.8. The van der Waals surface area contributed by atoms with E-state index in [0.29, 0.717) is 48.6 Å². The van der Waals surface area contributed by atoms with Crippen molar-refractivity contribution in [3.05, 3.63) is 65.5 Å². The molecule has 10 heteroatoms. The Kier molecular flexibility index (Phi) is 7.35. The zero-order valence-electron chi connectivity index (χ0n) is 21.5. The lowest BCUT2D eigenvalue weighted by Gasteiger charge is -2.35. The summed E-state index contributed by atoms with van der Waals surface area (Å²) < 4.78 is 12.1. The van der Waals surface area contributed by atoms with E-state index in [0.717, 1.165) is 24.2 Å². The van der Waals surface area contributed by atoms with E-state index >= 15 is 0 Å². The van der Waals surface area contributed by atoms with Gasteiger partial charge in [0.15, 0.2) is 11.9 Å². The molecule has 1 amide bonds. The molecule has 5 rings (SSSR count). The standard InChI is InChI=1S/C28H32N4O6/c1-18(33)17-38-28(36)25-23-14-16-31(20-8-6-19(7-9-20)30-15-4-3-5-24(30)34)27(35)26(23)32(29-25)21-10-12-22(37-2)13-11-21/h6-13,18,27,33,35H,3-5,14-17H2,1-2H3. The van der Waals surface area contributed by atoms with Gasteiger partial charge in [0.05, 0.1) is 24.6 Å². The van der Waals surface area contributed by atoms with Crippen LogP contribution in [-0.2, 0) is 16.0 Å². The number of ether oxygens (including phenoxy) is 2. The highest BCUT2D eigenvalue weighted by Crippen LogP contribution is 2.36. The first-order valence-corrected chi connectivity index (χ1v) is 12.8. The van der Waals surface area contributed by atoms with E-state index in [1.807, 2.05) is 34.1 Å². The zero-order chi connectivity index (χ0) is 26.8. The highest BCUT2D eigenvalue weighted by Gasteiger charge is 2.36. The minimum Gasteiger partial charge on any atom is -0.497 e. The van der Waals surface area contributed by atoms with Crippen LogP contribution in [0.2, 0.25) is 0 Å². The Hall–Kier alpha value is -3.89. The van der Waals surface area contributed by atoms with Gasteiger partial charge in [-0.05, 0) is 74.7 Å². The summed E-state index contributed by atoms with van der Waals surface area (Å²) in [4.78, 5) is 28.9. The summed E-state index contributed by atoms with van der Waals surface area (Å²) in [5.41, 5.74) is 3.48. The molecule has 38 heavy (non-hydrogen) atoms. The Morgan fingerprint density at radius 1 is 1.03 bits per heavy atom. The molecule has 0 spiro atoms. The van der Waals surface area contributed by atoms with E-state index in [9.17, 15) is 19.8 Å². The molecular weight excluding hydrogens is 488 g/mol. The number of nitrogens with zero attached hydrogens (tertiary/aromatic N) is 4. The van der Waals surface area contributed by atoms with Gasteiger partial charge in [0.2, 0.25) is 5.91 Å². The largest absolute Gasteiger partial charge is 0.497 e. The van der Waals surface area contributed by atoms with E-state index in [4.69, 9.17) is 9.47 Å². The van der Waals surface area contributed by atoms with Crippen LogP contribution in [0.1, 0.15) is 54.2 Å². The molecule has 10 nitrogen and oxygen atoms in total. The van der Waals surface area contributed by atoms with Gasteiger partial charge in [0.1, 0.15) is 12.4 Å². The van der Waals surface area contributed by atoms with Crippen molar-refractivity contribution in [2.45, 2.75) is 44.9 Å². The second-order valence-corrected chi connectivity index (χ2v) is 9.61. The van der Waals surface area contributed by atoms with Crippen LogP contribution in [0.25, 0.3) is 5.69 Å². The van der Waals surface area contributed by atoms with Crippen molar-refractivity contribution >= 4 is 23.3 Å². The number of hydrogen-bond donors (Lipinski definition) is 2. The molecule has 2 aromatic carbocycles. The van der Waals surface area contributed by atoms with Crippen LogP contribution < -0.4 is 14.5 Å². The van der Waals surface area contributed by atoms with Crippen LogP contribution in [0.3, 0.4) is 0 Å². The van der Waals surface area contributed by atoms with Gasteiger partial charge < -0.3 is 29.5 Å². The number of aliphatic hydroxyl groups excluding tert-OH is 2. The summed E-state index contributed by atoms with van der Waals surface area (Å²) >= 11 is 0. The van der Waals surface area contributed by atoms with Crippen LogP contribution in [0.15, 0.2) is 48.5 Å². The van der Waals surface area contributed by atoms with Gasteiger partial charge in [-0.15, -0.1) is 0 Å². The van der Waals surface area contributed by atoms with Crippen molar-refractivity contribution in [2.24, 2.45) is 0 Å². The Morgan fingerprint density at radius 3 is 2.37 bits per heavy atom. The van der Waals surface area contributed by atoms with Crippen LogP contribution in [0, 0.1) is 0 Å². The number of hydrogen-bond acceptors (Lipinski definition) is 8. The number of aromatic nitrogens is 2. The highest BCUT2D eigenvalue weighted by molar-refractivity contribution is 5.94. The summed E-state index contributed by atoms with van der Waals surface area (Å²) in [7, 11) is 1.58. The smallest absolute Gasteiger partial charge is 0.359 e. The Labute approximate surface area is 221 Å². The molecule has 1 aromatic heterocycles. The van der Waals surface area contributed by atoms with Crippen molar-refractivity contribution in [2.75, 3.05) is 36.6 Å². The van der Waals surface area contributed by atoms with E-state index in [1.54, 1.807) is 36.1 Å². The number of carbonyl (C=O) groups is 2. The SMILES string of the molecule is COc1ccc(-n2nc(C(=O)OCC(C)O)c3c2C(O)N(c2ccc(N4CCCCC4=O)cc2)CC3)cc1. The fourth-order valence-corrected chi connectivity index (χ4v) is 5.00. The molecule has 3 heterocycles. The van der Waals surface area contributed by atoms with Crippen LogP contribution in [-0.4, -0.2) is 64.8 Å². The number of fused-ring (bicyclic) bond motifs is 1. The maximum absolute atomic E-state index is 12.9. The summed E-state index contributed by atoms with van der Waals surface area (Å²) in [6.07, 6.45) is 1.03. The average Bonchev–Trinajstić information content (AvgIpc) is 3.33. The molecule has 2 unspecified atom stereocenters. The Bertz CT molecular complexity index is 1300. The fourth-order valence-electron chi connectivity index (χ4n) is 5.00. The van der Waals surface area contributed by atoms with Gasteiger partial charge in [-0.3, -0.25) is 4.79 Å². The molecule has 0 saturated carbocycles. The normalized spacial score (nSPS) is 18.2. The number of benzene rings is 2. The first-order chi connectivity index (χ1) is 18.4. The fraction of sp³-hybridized carbons (Fsp3) is 0.393. The van der Waals surface area contributed by atoms with E-state index < -0.39 is 18.3 Å². The van der Waals surface area contributed by atoms with Crippen LogP contribution in [0.4, 0.5) is 11.4 Å². The number of carbonyl (C=O) groups excluding carboxylic acids is 2. The average molecular weight is 521 g/mol. The van der Waals surface area contributed by atoms with Crippen molar-refractivity contribution in [3.63, 3.8) is 0 Å². The lowest BCUT2D eigenvalue weighted by molar-refractivity contribution is -0.119. The van der Waals surface area contributed by atoms with E-state index in [2.05, 4.69) is 5.10 Å². The van der Waals surface area contributed by atoms with Gasteiger partial charge >= 0.3 is 5.97 Å². The molecule has 0 radical (unpaired) electrons. The van der Waals surface area contributed by atoms with Gasteiger partial charge in [0.25, 0.3) is 0 Å². The van der Waals surface area contributed by atoms with Gasteiger partial charge in [-0.1, -0.05) is 0 Å². The third-order valence-electron chi connectivity index (χ3n) is 6.95. The van der Waals surface area contributed by atoms with Gasteiger partial charge in [0, 0.05) is 36.4 Å². The Morgan fingerprint density at radius 2 is 1.71 bits per heavy atom. The molecule has 1 fully saturated rings. The van der Waals surface area contributed by atoms with Crippen molar-refractivity contribution in [3.8, 4) is 11.4 Å². The van der Waals surface area contributed by atoms with E-state index in [-0.39, 0.29) is 18.2 Å². The van der Waals surface area contributed by atoms with E-state index in [1.165, 1.54) is 6.92 Å². The van der Waals surface area contributed by atoms with Gasteiger partial charge in [-0.25, -0.2) is 9.48 Å². The number of piperidine rings is 1. The summed E-state index contributed by atoms with van der Waals surface area (Å²) in [6.45, 7) is 2.54. The quantitative estimate of drug-likeness (QED) is 0.457. The molecule has 0 bridgehead atoms. The molecule has 200 valence electrons. The number of anilines is 2. The Balaban J connectivity index is 1.48. The van der Waals surface area contributed by atoms with Crippen LogP contribution >= 0.6 is 0 Å². The predicted molar refractivity (Wildman–Crippen MR) is 141 cm³/mol. The molecule has 1 saturated heterocycles. The van der Waals surface area contributed by atoms with Crippen molar-refractivity contribution < 1.29 is 29.3 Å². The number of aliphatic hydroxyl groups is 2. The van der Waals surface area contributed by atoms with Crippen LogP contribution in [0.5, 0.6) is 5.75 Å². The first kappa shape index (κ1) is 25.7. The molecule has 3 aromatic rings. The van der Waals surface area contributed by atoms with Crippen molar-refractivity contribution in [1.82, 2.24) is 9.78 Å². The molecule has 2 N–H and O–H groups in total. The summed E-state index contributed by atoms with van der Waals surface area (Å²) in [5, 5.41) is 25.7. The number of methoxy groups -OCH3 is 1. The maximum Gasteiger partial charge on any atom is 0.359 e. The minimum absolute atomic E-state index is 0.120. The maximum atomic E-state index is 12.9. The third kappa shape index (κ3) is 4.97. The third-order valence-corrected chi connectivity index (χ3v) is 6.95. The topological polar surface area (TPSA) is 117 Å². The second-order valence-electron chi connectivity index (χ2n) is 9.61. The molecule has 0 aliphatic carbocycles. The summed E-state index contributed by atoms with van der Waals surface area (Å²) in [6, 6.07) is 14.8. The zero-order valence-corrected chi connectivity index (χ0v) is 21.5. The molecular formula is C28H32N4O6. The number of rotatable bonds is 7. The molecule has 2 atom stereocenters.